The van der Waals surface area contributed by atoms with Gasteiger partial charge in [-0.1, -0.05) is 33.6 Å². The highest BCUT2D eigenvalue weighted by Gasteiger charge is 2.51. The fourth-order valence-corrected chi connectivity index (χ4v) is 3.25. The lowest BCUT2D eigenvalue weighted by molar-refractivity contribution is -0.0826. The number of nitrogens with zero attached hydrogens (tertiary/aromatic N) is 1. The topological polar surface area (TPSA) is 23.5 Å². The zero-order chi connectivity index (χ0) is 11.9. The van der Waals surface area contributed by atoms with Crippen LogP contribution in [0.5, 0.6) is 0 Å². The summed E-state index contributed by atoms with van der Waals surface area (Å²) in [6.07, 6.45) is 2.66. The van der Waals surface area contributed by atoms with E-state index in [1.165, 1.54) is 0 Å². The highest BCUT2D eigenvalue weighted by Crippen LogP contribution is 2.46. The molecule has 0 aromatic heterocycles. The van der Waals surface area contributed by atoms with Crippen LogP contribution in [0, 0.1) is 5.92 Å². The van der Waals surface area contributed by atoms with Gasteiger partial charge in [-0.25, -0.2) is 4.31 Å². The molecule has 1 aliphatic heterocycles. The molecule has 4 unspecified atom stereocenters. The van der Waals surface area contributed by atoms with Crippen molar-refractivity contribution in [1.82, 2.24) is 4.31 Å². The van der Waals surface area contributed by atoms with Gasteiger partial charge in [-0.3, -0.25) is 0 Å². The molecule has 0 aromatic carbocycles. The van der Waals surface area contributed by atoms with Gasteiger partial charge >= 0.3 is 0 Å². The number of rotatable bonds is 2. The monoisotopic (exact) mass is 231 g/mol. The minimum Gasteiger partial charge on any atom is -0.393 e. The van der Waals surface area contributed by atoms with Crippen molar-refractivity contribution in [3.05, 3.63) is 0 Å². The number of hydrogen-bond donors (Lipinski definition) is 2. The average Bonchev–Trinajstić information content (AvgIpc) is 2.23. The lowest BCUT2D eigenvalue weighted by Gasteiger charge is -2.57. The molecular weight excluding hydrogens is 206 g/mol. The summed E-state index contributed by atoms with van der Waals surface area (Å²) in [5.41, 5.74) is 0.00529. The fourth-order valence-electron chi connectivity index (χ4n) is 2.70. The molecule has 1 heterocycles. The van der Waals surface area contributed by atoms with Gasteiger partial charge in [0.1, 0.15) is 0 Å². The molecular formula is C12H25NOS. The van der Waals surface area contributed by atoms with E-state index >= 15 is 0 Å². The van der Waals surface area contributed by atoms with Crippen LogP contribution in [0.15, 0.2) is 0 Å². The Morgan fingerprint density at radius 1 is 1.33 bits per heavy atom. The summed E-state index contributed by atoms with van der Waals surface area (Å²) in [4.78, 5) is 0. The summed E-state index contributed by atoms with van der Waals surface area (Å²) >= 11 is 4.70. The third-order valence-corrected chi connectivity index (χ3v) is 5.62. The Morgan fingerprint density at radius 2 is 1.87 bits per heavy atom. The van der Waals surface area contributed by atoms with E-state index in [-0.39, 0.29) is 23.1 Å². The van der Waals surface area contributed by atoms with Crippen molar-refractivity contribution >= 4 is 12.8 Å². The van der Waals surface area contributed by atoms with Crippen LogP contribution in [0.1, 0.15) is 53.9 Å². The maximum atomic E-state index is 10.2. The summed E-state index contributed by atoms with van der Waals surface area (Å²) in [5, 5.41) is 10.2. The van der Waals surface area contributed by atoms with Crippen LogP contribution in [0.4, 0.5) is 0 Å². The van der Waals surface area contributed by atoms with E-state index in [0.29, 0.717) is 0 Å². The van der Waals surface area contributed by atoms with Crippen LogP contribution in [0.2, 0.25) is 0 Å². The maximum absolute atomic E-state index is 10.2. The predicted molar refractivity (Wildman–Crippen MR) is 68.0 cm³/mol. The van der Waals surface area contributed by atoms with E-state index in [1.807, 2.05) is 0 Å². The molecule has 1 saturated heterocycles. The Morgan fingerprint density at radius 3 is 2.27 bits per heavy atom. The molecule has 1 rings (SSSR count). The van der Waals surface area contributed by atoms with Crippen molar-refractivity contribution in [2.24, 2.45) is 5.92 Å². The molecule has 1 fully saturated rings. The molecule has 90 valence electrons. The average molecular weight is 231 g/mol. The number of piperidine rings is 1. The molecule has 3 heteroatoms. The molecule has 0 amide bonds. The molecule has 0 aliphatic carbocycles. The summed E-state index contributed by atoms with van der Waals surface area (Å²) < 4.78 is 2.19. The van der Waals surface area contributed by atoms with Gasteiger partial charge in [0.15, 0.2) is 0 Å². The smallest absolute Gasteiger partial charge is 0.0601 e. The van der Waals surface area contributed by atoms with Gasteiger partial charge in [-0.2, -0.15) is 0 Å². The Labute approximate surface area is 99.6 Å². The van der Waals surface area contributed by atoms with Crippen molar-refractivity contribution in [2.45, 2.75) is 71.1 Å². The van der Waals surface area contributed by atoms with Crippen LogP contribution in [-0.2, 0) is 0 Å². The number of thiol groups is 1. The highest BCUT2D eigenvalue weighted by molar-refractivity contribution is 7.77. The van der Waals surface area contributed by atoms with E-state index < -0.39 is 0 Å². The Balaban J connectivity index is 3.05. The zero-order valence-corrected chi connectivity index (χ0v) is 11.5. The first-order valence-corrected chi connectivity index (χ1v) is 6.39. The normalized spacial score (nSPS) is 48.2. The van der Waals surface area contributed by atoms with Crippen LogP contribution in [0.3, 0.4) is 0 Å². The minimum atomic E-state index is -0.205. The van der Waals surface area contributed by atoms with Gasteiger partial charge in [0.2, 0.25) is 0 Å². The molecule has 0 spiro atoms. The predicted octanol–water partition coefficient (Wildman–Crippen LogP) is 2.87. The first kappa shape index (κ1) is 13.3. The Hall–Kier alpha value is 0.270. The molecule has 2 nitrogen and oxygen atoms in total. The van der Waals surface area contributed by atoms with Gasteiger partial charge in [-0.05, 0) is 33.1 Å². The second kappa shape index (κ2) is 4.27. The lowest BCUT2D eigenvalue weighted by atomic mass is 9.70. The maximum Gasteiger partial charge on any atom is 0.0601 e. The summed E-state index contributed by atoms with van der Waals surface area (Å²) in [7, 11) is 0. The lowest BCUT2D eigenvalue weighted by Crippen LogP contribution is -2.64. The third kappa shape index (κ3) is 1.94. The molecule has 0 bridgehead atoms. The molecule has 0 saturated carbocycles. The second-order valence-electron chi connectivity index (χ2n) is 5.43. The van der Waals surface area contributed by atoms with Crippen molar-refractivity contribution < 1.29 is 5.11 Å². The largest absolute Gasteiger partial charge is 0.393 e. The first-order chi connectivity index (χ1) is 6.81. The molecule has 1 aliphatic rings. The van der Waals surface area contributed by atoms with E-state index in [0.717, 1.165) is 19.3 Å². The molecule has 1 N–H and O–H groups in total. The summed E-state index contributed by atoms with van der Waals surface area (Å²) in [6.45, 7) is 10.9. The molecule has 0 radical (unpaired) electrons. The quantitative estimate of drug-likeness (QED) is 0.714. The molecule has 4 atom stereocenters. The highest BCUT2D eigenvalue weighted by atomic mass is 32.1. The van der Waals surface area contributed by atoms with Crippen LogP contribution in [0.25, 0.3) is 0 Å². The SMILES string of the molecule is CCC1(C)CC(O)C(C)C(C)(CC)N1S. The standard InChI is InChI=1S/C12H25NOS/c1-6-11(4)8-10(14)9(3)12(5,7-2)13(11)15/h9-10,14-15H,6-8H2,1-5H3. The fraction of sp³-hybridized carbons (Fsp3) is 1.00. The van der Waals surface area contributed by atoms with Crippen molar-refractivity contribution in [2.75, 3.05) is 0 Å². The van der Waals surface area contributed by atoms with Crippen LogP contribution >= 0.6 is 12.8 Å². The Bertz CT molecular complexity index is 236. The van der Waals surface area contributed by atoms with Crippen molar-refractivity contribution in [3.8, 4) is 0 Å². The summed E-state index contributed by atoms with van der Waals surface area (Å²) in [6, 6.07) is 0. The zero-order valence-electron chi connectivity index (χ0n) is 10.6. The van der Waals surface area contributed by atoms with Gasteiger partial charge < -0.3 is 5.11 Å². The summed E-state index contributed by atoms with van der Waals surface area (Å²) in [5.74, 6) is 0.277. The van der Waals surface area contributed by atoms with Crippen molar-refractivity contribution in [1.29, 1.82) is 0 Å². The van der Waals surface area contributed by atoms with Crippen LogP contribution in [-0.4, -0.2) is 26.6 Å². The van der Waals surface area contributed by atoms with E-state index in [4.69, 9.17) is 12.8 Å². The van der Waals surface area contributed by atoms with Gasteiger partial charge in [0.05, 0.1) is 6.10 Å². The molecule has 15 heavy (non-hydrogen) atoms. The second-order valence-corrected chi connectivity index (χ2v) is 5.83. The Kier molecular flexibility index (Phi) is 3.79. The van der Waals surface area contributed by atoms with E-state index in [9.17, 15) is 5.11 Å². The third-order valence-electron chi connectivity index (χ3n) is 4.68. The number of hydrogen-bond acceptors (Lipinski definition) is 3. The van der Waals surface area contributed by atoms with Crippen molar-refractivity contribution in [3.63, 3.8) is 0 Å². The van der Waals surface area contributed by atoms with Crippen LogP contribution < -0.4 is 0 Å². The van der Waals surface area contributed by atoms with Gasteiger partial charge in [-0.15, -0.1) is 0 Å². The first-order valence-electron chi connectivity index (χ1n) is 5.99. The van der Waals surface area contributed by atoms with E-state index in [1.54, 1.807) is 0 Å². The number of aliphatic hydroxyl groups excluding tert-OH is 1. The van der Waals surface area contributed by atoms with E-state index in [2.05, 4.69) is 38.9 Å². The van der Waals surface area contributed by atoms with Gasteiger partial charge in [0.25, 0.3) is 0 Å². The molecule has 0 aromatic rings. The minimum absolute atomic E-state index is 0.00840. The number of aliphatic hydroxyl groups is 1. The van der Waals surface area contributed by atoms with Gasteiger partial charge in [0, 0.05) is 17.0 Å².